The second-order valence-electron chi connectivity index (χ2n) is 4.26. The molecule has 1 unspecified atom stereocenters. The normalized spacial score (nSPS) is 12.4. The topological polar surface area (TPSA) is 12.0 Å². The summed E-state index contributed by atoms with van der Waals surface area (Å²) in [6, 6.07) is 12.6. The van der Waals surface area contributed by atoms with Crippen LogP contribution in [0.4, 0.5) is 4.39 Å². The Labute approximate surface area is 112 Å². The molecule has 2 aromatic carbocycles. The Morgan fingerprint density at radius 2 is 1.94 bits per heavy atom. The quantitative estimate of drug-likeness (QED) is 0.864. The maximum Gasteiger partial charge on any atom is 0.123 e. The van der Waals surface area contributed by atoms with Crippen molar-refractivity contribution >= 4 is 11.6 Å². The van der Waals surface area contributed by atoms with E-state index in [1.165, 1.54) is 12.1 Å². The number of nitrogens with one attached hydrogen (secondary N) is 1. The van der Waals surface area contributed by atoms with Crippen molar-refractivity contribution in [1.82, 2.24) is 5.32 Å². The van der Waals surface area contributed by atoms with Gasteiger partial charge in [0.2, 0.25) is 0 Å². The lowest BCUT2D eigenvalue weighted by atomic mass is 10.00. The SMILES string of the molecule is CNC(C)c1cccc(-c2cc(F)ccc2Cl)c1. The predicted octanol–water partition coefficient (Wildman–Crippen LogP) is 4.43. The Morgan fingerprint density at radius 3 is 2.67 bits per heavy atom. The average Bonchev–Trinajstić information content (AvgIpc) is 2.40. The third-order valence-electron chi connectivity index (χ3n) is 3.06. The summed E-state index contributed by atoms with van der Waals surface area (Å²) in [5, 5.41) is 3.74. The van der Waals surface area contributed by atoms with E-state index >= 15 is 0 Å². The Kier molecular flexibility index (Phi) is 4.00. The fourth-order valence-corrected chi connectivity index (χ4v) is 2.09. The van der Waals surface area contributed by atoms with Crippen LogP contribution in [-0.2, 0) is 0 Å². The molecular formula is C15H15ClFN. The minimum atomic E-state index is -0.276. The molecule has 0 radical (unpaired) electrons. The molecule has 0 heterocycles. The predicted molar refractivity (Wildman–Crippen MR) is 74.3 cm³/mol. The van der Waals surface area contributed by atoms with Crippen LogP contribution in [0.1, 0.15) is 18.5 Å². The van der Waals surface area contributed by atoms with Crippen LogP contribution in [0.5, 0.6) is 0 Å². The summed E-state index contributed by atoms with van der Waals surface area (Å²) in [4.78, 5) is 0. The molecule has 0 aliphatic carbocycles. The molecule has 1 atom stereocenters. The van der Waals surface area contributed by atoms with E-state index in [4.69, 9.17) is 11.6 Å². The van der Waals surface area contributed by atoms with Crippen LogP contribution in [0.25, 0.3) is 11.1 Å². The first-order chi connectivity index (χ1) is 8.61. The average molecular weight is 264 g/mol. The molecule has 94 valence electrons. The molecule has 0 aliphatic heterocycles. The minimum absolute atomic E-state index is 0.247. The first kappa shape index (κ1) is 13.1. The van der Waals surface area contributed by atoms with Crippen molar-refractivity contribution in [3.05, 3.63) is 58.9 Å². The molecule has 2 aromatic rings. The number of hydrogen-bond donors (Lipinski definition) is 1. The van der Waals surface area contributed by atoms with E-state index in [1.807, 2.05) is 31.3 Å². The van der Waals surface area contributed by atoms with Crippen molar-refractivity contribution in [3.8, 4) is 11.1 Å². The fraction of sp³-hybridized carbons (Fsp3) is 0.200. The highest BCUT2D eigenvalue weighted by atomic mass is 35.5. The van der Waals surface area contributed by atoms with Crippen LogP contribution in [0.3, 0.4) is 0 Å². The highest BCUT2D eigenvalue weighted by Crippen LogP contribution is 2.30. The van der Waals surface area contributed by atoms with Gasteiger partial charge in [0.15, 0.2) is 0 Å². The number of benzene rings is 2. The van der Waals surface area contributed by atoms with Gasteiger partial charge in [-0.1, -0.05) is 29.8 Å². The van der Waals surface area contributed by atoms with Crippen molar-refractivity contribution in [2.75, 3.05) is 7.05 Å². The molecule has 0 aliphatic rings. The molecule has 2 rings (SSSR count). The Bertz CT molecular complexity index is 554. The van der Waals surface area contributed by atoms with Crippen LogP contribution >= 0.6 is 11.6 Å². The van der Waals surface area contributed by atoms with E-state index < -0.39 is 0 Å². The van der Waals surface area contributed by atoms with E-state index in [2.05, 4.69) is 12.2 Å². The van der Waals surface area contributed by atoms with E-state index in [1.54, 1.807) is 6.07 Å². The van der Waals surface area contributed by atoms with Gasteiger partial charge in [-0.05, 0) is 49.4 Å². The summed E-state index contributed by atoms with van der Waals surface area (Å²) < 4.78 is 13.3. The highest BCUT2D eigenvalue weighted by Gasteiger charge is 2.08. The van der Waals surface area contributed by atoms with E-state index in [0.29, 0.717) is 5.02 Å². The monoisotopic (exact) mass is 263 g/mol. The summed E-state index contributed by atoms with van der Waals surface area (Å²) >= 11 is 6.11. The standard InChI is InChI=1S/C15H15ClFN/c1-10(18-2)11-4-3-5-12(8-11)14-9-13(17)6-7-15(14)16/h3-10,18H,1-2H3. The maximum atomic E-state index is 13.3. The minimum Gasteiger partial charge on any atom is -0.313 e. The zero-order valence-electron chi connectivity index (χ0n) is 10.4. The molecule has 0 amide bonds. The molecule has 1 nitrogen and oxygen atoms in total. The lowest BCUT2D eigenvalue weighted by molar-refractivity contribution is 0.628. The van der Waals surface area contributed by atoms with Gasteiger partial charge in [0.25, 0.3) is 0 Å². The Morgan fingerprint density at radius 1 is 1.17 bits per heavy atom. The first-order valence-corrected chi connectivity index (χ1v) is 6.22. The van der Waals surface area contributed by atoms with Gasteiger partial charge in [-0.2, -0.15) is 0 Å². The number of hydrogen-bond acceptors (Lipinski definition) is 1. The van der Waals surface area contributed by atoms with Crippen LogP contribution in [0, 0.1) is 5.82 Å². The van der Waals surface area contributed by atoms with E-state index in [0.717, 1.165) is 16.7 Å². The number of rotatable bonds is 3. The Balaban J connectivity index is 2.47. The van der Waals surface area contributed by atoms with Crippen molar-refractivity contribution in [3.63, 3.8) is 0 Å². The van der Waals surface area contributed by atoms with Gasteiger partial charge in [-0.15, -0.1) is 0 Å². The van der Waals surface area contributed by atoms with Gasteiger partial charge in [-0.3, -0.25) is 0 Å². The second-order valence-corrected chi connectivity index (χ2v) is 4.67. The van der Waals surface area contributed by atoms with Gasteiger partial charge < -0.3 is 5.32 Å². The molecule has 1 N–H and O–H groups in total. The van der Waals surface area contributed by atoms with E-state index in [-0.39, 0.29) is 11.9 Å². The summed E-state index contributed by atoms with van der Waals surface area (Å²) in [6.07, 6.45) is 0. The smallest absolute Gasteiger partial charge is 0.123 e. The summed E-state index contributed by atoms with van der Waals surface area (Å²) in [5.41, 5.74) is 2.80. The largest absolute Gasteiger partial charge is 0.313 e. The van der Waals surface area contributed by atoms with Crippen molar-refractivity contribution in [2.24, 2.45) is 0 Å². The van der Waals surface area contributed by atoms with Crippen LogP contribution in [0.2, 0.25) is 5.02 Å². The van der Waals surface area contributed by atoms with Gasteiger partial charge in [0, 0.05) is 16.6 Å². The van der Waals surface area contributed by atoms with Crippen LogP contribution < -0.4 is 5.32 Å². The highest BCUT2D eigenvalue weighted by molar-refractivity contribution is 6.33. The van der Waals surface area contributed by atoms with Crippen LogP contribution in [0.15, 0.2) is 42.5 Å². The first-order valence-electron chi connectivity index (χ1n) is 5.84. The molecule has 0 fully saturated rings. The summed E-state index contributed by atoms with van der Waals surface area (Å²) in [5.74, 6) is -0.276. The Hall–Kier alpha value is -1.38. The lowest BCUT2D eigenvalue weighted by Crippen LogP contribution is -2.12. The summed E-state index contributed by atoms with van der Waals surface area (Å²) in [6.45, 7) is 2.08. The van der Waals surface area contributed by atoms with Crippen LogP contribution in [-0.4, -0.2) is 7.05 Å². The fourth-order valence-electron chi connectivity index (χ4n) is 1.86. The van der Waals surface area contributed by atoms with Gasteiger partial charge in [-0.25, -0.2) is 4.39 Å². The summed E-state index contributed by atoms with van der Waals surface area (Å²) in [7, 11) is 1.91. The maximum absolute atomic E-state index is 13.3. The van der Waals surface area contributed by atoms with Crippen molar-refractivity contribution in [2.45, 2.75) is 13.0 Å². The lowest BCUT2D eigenvalue weighted by Gasteiger charge is -2.12. The van der Waals surface area contributed by atoms with Gasteiger partial charge in [0.1, 0.15) is 5.82 Å². The zero-order chi connectivity index (χ0) is 13.1. The molecule has 0 saturated heterocycles. The third kappa shape index (κ3) is 2.71. The third-order valence-corrected chi connectivity index (χ3v) is 3.39. The van der Waals surface area contributed by atoms with E-state index in [9.17, 15) is 4.39 Å². The van der Waals surface area contributed by atoms with Crippen molar-refractivity contribution < 1.29 is 4.39 Å². The second kappa shape index (κ2) is 5.51. The molecule has 0 spiro atoms. The van der Waals surface area contributed by atoms with Gasteiger partial charge >= 0.3 is 0 Å². The molecule has 3 heteroatoms. The molecule has 0 aromatic heterocycles. The van der Waals surface area contributed by atoms with Gasteiger partial charge in [0.05, 0.1) is 0 Å². The zero-order valence-corrected chi connectivity index (χ0v) is 11.1. The molecule has 0 saturated carbocycles. The molecular weight excluding hydrogens is 249 g/mol. The molecule has 0 bridgehead atoms. The van der Waals surface area contributed by atoms with Crippen molar-refractivity contribution in [1.29, 1.82) is 0 Å². The number of halogens is 2. The molecule has 18 heavy (non-hydrogen) atoms.